The number of aliphatic hydroxyl groups is 1. The molecule has 0 aromatic carbocycles. The number of rotatable bonds is 4. The normalized spacial score (nSPS) is 23.9. The number of nitrogens with one attached hydrogen (secondary N) is 1. The van der Waals surface area contributed by atoms with Crippen LogP contribution in [-0.2, 0) is 4.79 Å². The number of urea groups is 1. The van der Waals surface area contributed by atoms with Crippen LogP contribution in [0.5, 0.6) is 0 Å². The van der Waals surface area contributed by atoms with Gasteiger partial charge in [0.1, 0.15) is 0 Å². The molecular formula is C9H14N2O3. The summed E-state index contributed by atoms with van der Waals surface area (Å²) in [6, 6.07) is -0.292. The SMILES string of the molecule is O=C1CNC(=O)N1CC1(CCO)CC1. The highest BCUT2D eigenvalue weighted by Crippen LogP contribution is 2.49. The van der Waals surface area contributed by atoms with E-state index in [9.17, 15) is 9.59 Å². The van der Waals surface area contributed by atoms with E-state index in [0.717, 1.165) is 12.8 Å². The van der Waals surface area contributed by atoms with E-state index < -0.39 is 0 Å². The predicted molar refractivity (Wildman–Crippen MR) is 48.5 cm³/mol. The molecule has 5 nitrogen and oxygen atoms in total. The van der Waals surface area contributed by atoms with Crippen LogP contribution in [0.4, 0.5) is 4.79 Å². The van der Waals surface area contributed by atoms with E-state index in [1.807, 2.05) is 0 Å². The molecule has 2 N–H and O–H groups in total. The van der Waals surface area contributed by atoms with E-state index in [0.29, 0.717) is 13.0 Å². The lowest BCUT2D eigenvalue weighted by Crippen LogP contribution is -2.36. The second-order valence-electron chi connectivity index (χ2n) is 4.11. The van der Waals surface area contributed by atoms with Crippen molar-refractivity contribution in [1.82, 2.24) is 10.2 Å². The minimum atomic E-state index is -0.292. The Bertz CT molecular complexity index is 257. The molecule has 3 amide bonds. The van der Waals surface area contributed by atoms with Crippen molar-refractivity contribution < 1.29 is 14.7 Å². The maximum absolute atomic E-state index is 11.3. The fourth-order valence-electron chi connectivity index (χ4n) is 1.85. The lowest BCUT2D eigenvalue weighted by Gasteiger charge is -2.19. The summed E-state index contributed by atoms with van der Waals surface area (Å²) < 4.78 is 0. The summed E-state index contributed by atoms with van der Waals surface area (Å²) in [4.78, 5) is 23.8. The van der Waals surface area contributed by atoms with Crippen molar-refractivity contribution in [2.75, 3.05) is 19.7 Å². The average molecular weight is 198 g/mol. The third kappa shape index (κ3) is 1.59. The molecule has 0 atom stereocenters. The first-order valence-electron chi connectivity index (χ1n) is 4.86. The molecule has 2 aliphatic rings. The quantitative estimate of drug-likeness (QED) is 0.609. The van der Waals surface area contributed by atoms with Gasteiger partial charge in [0.2, 0.25) is 5.91 Å². The van der Waals surface area contributed by atoms with Crippen LogP contribution in [0.15, 0.2) is 0 Å². The van der Waals surface area contributed by atoms with E-state index >= 15 is 0 Å². The number of aliphatic hydroxyl groups excluding tert-OH is 1. The summed E-state index contributed by atoms with van der Waals surface area (Å²) in [5, 5.41) is 11.3. The van der Waals surface area contributed by atoms with E-state index in [4.69, 9.17) is 5.11 Å². The van der Waals surface area contributed by atoms with E-state index in [1.54, 1.807) is 0 Å². The Hall–Kier alpha value is -1.10. The van der Waals surface area contributed by atoms with Gasteiger partial charge in [0.15, 0.2) is 0 Å². The Morgan fingerprint density at radius 3 is 2.57 bits per heavy atom. The molecule has 0 aromatic rings. The number of carbonyl (C=O) groups is 2. The molecule has 78 valence electrons. The Balaban J connectivity index is 1.96. The number of amides is 3. The molecule has 0 radical (unpaired) electrons. The van der Waals surface area contributed by atoms with Crippen LogP contribution in [0.3, 0.4) is 0 Å². The maximum atomic E-state index is 11.3. The molecule has 5 heteroatoms. The van der Waals surface area contributed by atoms with Crippen molar-refractivity contribution in [3.63, 3.8) is 0 Å². The van der Waals surface area contributed by atoms with Gasteiger partial charge in [0, 0.05) is 13.2 Å². The van der Waals surface area contributed by atoms with Crippen LogP contribution in [0, 0.1) is 5.41 Å². The zero-order valence-corrected chi connectivity index (χ0v) is 7.95. The second-order valence-corrected chi connectivity index (χ2v) is 4.11. The van der Waals surface area contributed by atoms with Gasteiger partial charge in [0.05, 0.1) is 6.54 Å². The van der Waals surface area contributed by atoms with Crippen molar-refractivity contribution in [2.45, 2.75) is 19.3 Å². The zero-order valence-electron chi connectivity index (χ0n) is 7.95. The Morgan fingerprint density at radius 2 is 2.14 bits per heavy atom. The average Bonchev–Trinajstić information content (AvgIpc) is 2.84. The van der Waals surface area contributed by atoms with Gasteiger partial charge >= 0.3 is 6.03 Å². The largest absolute Gasteiger partial charge is 0.396 e. The number of carbonyl (C=O) groups excluding carboxylic acids is 2. The molecule has 1 aliphatic heterocycles. The van der Waals surface area contributed by atoms with Gasteiger partial charge in [-0.25, -0.2) is 4.79 Å². The highest BCUT2D eigenvalue weighted by atomic mass is 16.3. The van der Waals surface area contributed by atoms with Gasteiger partial charge in [0.25, 0.3) is 0 Å². The molecule has 1 aliphatic carbocycles. The van der Waals surface area contributed by atoms with Crippen molar-refractivity contribution in [2.24, 2.45) is 5.41 Å². The molecule has 0 unspecified atom stereocenters. The van der Waals surface area contributed by atoms with Gasteiger partial charge in [-0.1, -0.05) is 0 Å². The van der Waals surface area contributed by atoms with Crippen LogP contribution in [-0.4, -0.2) is 41.6 Å². The fraction of sp³-hybridized carbons (Fsp3) is 0.778. The summed E-state index contributed by atoms with van der Waals surface area (Å²) >= 11 is 0. The summed E-state index contributed by atoms with van der Waals surface area (Å²) in [7, 11) is 0. The van der Waals surface area contributed by atoms with Crippen LogP contribution in [0.2, 0.25) is 0 Å². The number of hydrogen-bond acceptors (Lipinski definition) is 3. The van der Waals surface area contributed by atoms with Crippen molar-refractivity contribution in [3.8, 4) is 0 Å². The standard InChI is InChI=1S/C9H14N2O3/c12-4-3-9(1-2-9)6-11-7(13)5-10-8(11)14/h12H,1-6H2,(H,10,14). The lowest BCUT2D eigenvalue weighted by molar-refractivity contribution is -0.125. The van der Waals surface area contributed by atoms with Crippen molar-refractivity contribution in [1.29, 1.82) is 0 Å². The molecule has 0 aromatic heterocycles. The van der Waals surface area contributed by atoms with Crippen molar-refractivity contribution >= 4 is 11.9 Å². The molecule has 1 saturated heterocycles. The first-order valence-corrected chi connectivity index (χ1v) is 4.86. The van der Waals surface area contributed by atoms with Gasteiger partial charge in [-0.05, 0) is 24.7 Å². The van der Waals surface area contributed by atoms with Gasteiger partial charge < -0.3 is 10.4 Å². The fourth-order valence-corrected chi connectivity index (χ4v) is 1.85. The van der Waals surface area contributed by atoms with Crippen LogP contribution in [0.1, 0.15) is 19.3 Å². The Kier molecular flexibility index (Phi) is 2.19. The molecule has 2 fully saturated rings. The zero-order chi connectivity index (χ0) is 10.2. The topological polar surface area (TPSA) is 69.6 Å². The lowest BCUT2D eigenvalue weighted by atomic mass is 10.0. The van der Waals surface area contributed by atoms with Crippen LogP contribution in [0.25, 0.3) is 0 Å². The first kappa shape index (κ1) is 9.45. The van der Waals surface area contributed by atoms with E-state index in [1.165, 1.54) is 4.90 Å². The molecular weight excluding hydrogens is 184 g/mol. The first-order chi connectivity index (χ1) is 6.67. The summed E-state index contributed by atoms with van der Waals surface area (Å²) in [5.74, 6) is -0.154. The summed E-state index contributed by atoms with van der Waals surface area (Å²) in [5.41, 5.74) is 0.0199. The smallest absolute Gasteiger partial charge is 0.324 e. The Morgan fingerprint density at radius 1 is 1.43 bits per heavy atom. The summed E-state index contributed by atoms with van der Waals surface area (Å²) in [6.45, 7) is 0.718. The second kappa shape index (κ2) is 3.24. The van der Waals surface area contributed by atoms with Crippen LogP contribution < -0.4 is 5.32 Å². The van der Waals surface area contributed by atoms with Crippen LogP contribution >= 0.6 is 0 Å². The van der Waals surface area contributed by atoms with Gasteiger partial charge in [-0.3, -0.25) is 9.69 Å². The summed E-state index contributed by atoms with van der Waals surface area (Å²) in [6.07, 6.45) is 2.69. The van der Waals surface area contributed by atoms with Gasteiger partial charge in [-0.2, -0.15) is 0 Å². The predicted octanol–water partition coefficient (Wildman–Crippen LogP) is -0.299. The number of hydrogen-bond donors (Lipinski definition) is 2. The molecule has 1 saturated carbocycles. The molecule has 0 spiro atoms. The Labute approximate surface area is 82.1 Å². The minimum absolute atomic E-state index is 0.0199. The molecule has 2 rings (SSSR count). The maximum Gasteiger partial charge on any atom is 0.324 e. The van der Waals surface area contributed by atoms with E-state index in [2.05, 4.69) is 5.32 Å². The minimum Gasteiger partial charge on any atom is -0.396 e. The number of imide groups is 1. The number of nitrogens with zero attached hydrogens (tertiary/aromatic N) is 1. The third-order valence-corrected chi connectivity index (χ3v) is 3.03. The highest BCUT2D eigenvalue weighted by molar-refractivity contribution is 6.02. The highest BCUT2D eigenvalue weighted by Gasteiger charge is 2.46. The molecule has 1 heterocycles. The van der Waals surface area contributed by atoms with Crippen molar-refractivity contribution in [3.05, 3.63) is 0 Å². The van der Waals surface area contributed by atoms with E-state index in [-0.39, 0.29) is 30.5 Å². The monoisotopic (exact) mass is 198 g/mol. The third-order valence-electron chi connectivity index (χ3n) is 3.03. The van der Waals surface area contributed by atoms with Gasteiger partial charge in [-0.15, -0.1) is 0 Å². The molecule has 14 heavy (non-hydrogen) atoms. The molecule has 0 bridgehead atoms.